The smallest absolute Gasteiger partial charge is 0.326 e. The average Bonchev–Trinajstić information content (AvgIpc) is 2.94. The minimum atomic E-state index is -0.779. The first-order valence-corrected chi connectivity index (χ1v) is 14.6. The quantitative estimate of drug-likeness (QED) is 0.222. The Morgan fingerprint density at radius 3 is 2.28 bits per heavy atom. The van der Waals surface area contributed by atoms with Gasteiger partial charge in [0.1, 0.15) is 6.61 Å². The zero-order valence-electron chi connectivity index (χ0n) is 25.0. The van der Waals surface area contributed by atoms with Gasteiger partial charge in [0.15, 0.2) is 6.23 Å². The van der Waals surface area contributed by atoms with Gasteiger partial charge < -0.3 is 19.7 Å². The molecule has 0 radical (unpaired) electrons. The fourth-order valence-corrected chi connectivity index (χ4v) is 5.07. The summed E-state index contributed by atoms with van der Waals surface area (Å²) in [4.78, 5) is 44.2. The van der Waals surface area contributed by atoms with Crippen molar-refractivity contribution in [2.75, 3.05) is 59.6 Å². The van der Waals surface area contributed by atoms with E-state index in [4.69, 9.17) is 9.47 Å². The van der Waals surface area contributed by atoms with Crippen molar-refractivity contribution in [2.45, 2.75) is 73.0 Å². The molecular formula is C30H50N4O5. The molecular weight excluding hydrogens is 496 g/mol. The lowest BCUT2D eigenvalue weighted by Gasteiger charge is -2.53. The number of nitrogens with one attached hydrogen (secondary N) is 1. The van der Waals surface area contributed by atoms with Gasteiger partial charge in [-0.25, -0.2) is 9.69 Å². The molecule has 39 heavy (non-hydrogen) atoms. The summed E-state index contributed by atoms with van der Waals surface area (Å²) < 4.78 is 11.2. The lowest BCUT2D eigenvalue weighted by molar-refractivity contribution is -0.212. The SMILES string of the molecule is CCN(CCOC)CCN(CC)C(=O)CO[C@@H]1N(C(=O)NCCCCc2ccc(C)cc2)C(=O)C1(CC)CC. The van der Waals surface area contributed by atoms with Gasteiger partial charge in [0, 0.05) is 39.8 Å². The highest BCUT2D eigenvalue weighted by Crippen LogP contribution is 2.45. The molecule has 1 aliphatic rings. The number of carbonyl (C=O) groups is 3. The van der Waals surface area contributed by atoms with Crippen molar-refractivity contribution in [3.05, 3.63) is 35.4 Å². The number of hydrogen-bond donors (Lipinski definition) is 1. The molecule has 0 saturated carbocycles. The maximum atomic E-state index is 13.1. The van der Waals surface area contributed by atoms with Crippen LogP contribution in [-0.2, 0) is 25.5 Å². The van der Waals surface area contributed by atoms with Gasteiger partial charge in [-0.05, 0) is 58.1 Å². The number of likely N-dealkylation sites (tertiary alicyclic amines) is 1. The number of aryl methyl sites for hydroxylation is 2. The summed E-state index contributed by atoms with van der Waals surface area (Å²) in [6.07, 6.45) is 3.03. The third-order valence-electron chi connectivity index (χ3n) is 7.97. The van der Waals surface area contributed by atoms with E-state index in [0.717, 1.165) is 38.9 Å². The number of nitrogens with zero attached hydrogens (tertiary/aromatic N) is 3. The maximum absolute atomic E-state index is 13.1. The number of amides is 4. The van der Waals surface area contributed by atoms with Crippen LogP contribution < -0.4 is 5.32 Å². The van der Waals surface area contributed by atoms with Crippen molar-refractivity contribution in [3.8, 4) is 0 Å². The van der Waals surface area contributed by atoms with Gasteiger partial charge in [-0.15, -0.1) is 0 Å². The van der Waals surface area contributed by atoms with Crippen molar-refractivity contribution >= 4 is 17.8 Å². The van der Waals surface area contributed by atoms with Crippen LogP contribution in [0, 0.1) is 12.3 Å². The Kier molecular flexibility index (Phi) is 13.9. The van der Waals surface area contributed by atoms with Gasteiger partial charge >= 0.3 is 6.03 Å². The third kappa shape index (κ3) is 8.75. The van der Waals surface area contributed by atoms with Crippen LogP contribution in [0.5, 0.6) is 0 Å². The van der Waals surface area contributed by atoms with E-state index in [2.05, 4.69) is 48.3 Å². The second-order valence-electron chi connectivity index (χ2n) is 10.3. The number of β-lactam (4-membered cyclic amide) rings is 1. The molecule has 0 aliphatic carbocycles. The van der Waals surface area contributed by atoms with Crippen LogP contribution in [-0.4, -0.2) is 98.4 Å². The second-order valence-corrected chi connectivity index (χ2v) is 10.3. The van der Waals surface area contributed by atoms with Crippen LogP contribution in [0.25, 0.3) is 0 Å². The van der Waals surface area contributed by atoms with E-state index in [1.54, 1.807) is 12.0 Å². The Hall–Kier alpha value is -2.49. The van der Waals surface area contributed by atoms with Crippen molar-refractivity contribution in [1.82, 2.24) is 20.0 Å². The van der Waals surface area contributed by atoms with E-state index < -0.39 is 17.7 Å². The number of likely N-dealkylation sites (N-methyl/N-ethyl adjacent to an activating group) is 2. The highest BCUT2D eigenvalue weighted by atomic mass is 16.5. The molecule has 0 aromatic heterocycles. The third-order valence-corrected chi connectivity index (χ3v) is 7.97. The number of unbranched alkanes of at least 4 members (excludes halogenated alkanes) is 1. The molecule has 1 aromatic carbocycles. The van der Waals surface area contributed by atoms with E-state index in [0.29, 0.717) is 39.1 Å². The molecule has 1 atom stereocenters. The van der Waals surface area contributed by atoms with E-state index in [1.165, 1.54) is 16.0 Å². The topological polar surface area (TPSA) is 91.4 Å². The highest BCUT2D eigenvalue weighted by molar-refractivity contribution is 6.03. The summed E-state index contributed by atoms with van der Waals surface area (Å²) in [6.45, 7) is 14.5. The minimum Gasteiger partial charge on any atom is -0.383 e. The van der Waals surface area contributed by atoms with E-state index in [1.807, 2.05) is 20.8 Å². The zero-order valence-corrected chi connectivity index (χ0v) is 25.0. The van der Waals surface area contributed by atoms with Crippen molar-refractivity contribution in [1.29, 1.82) is 0 Å². The van der Waals surface area contributed by atoms with Gasteiger partial charge in [-0.3, -0.25) is 14.5 Å². The fraction of sp³-hybridized carbons (Fsp3) is 0.700. The molecule has 1 N–H and O–H groups in total. The predicted molar refractivity (Wildman–Crippen MR) is 153 cm³/mol. The molecule has 0 bridgehead atoms. The van der Waals surface area contributed by atoms with Gasteiger partial charge in [-0.2, -0.15) is 0 Å². The van der Waals surface area contributed by atoms with Crippen LogP contribution >= 0.6 is 0 Å². The van der Waals surface area contributed by atoms with Crippen molar-refractivity contribution in [2.24, 2.45) is 5.41 Å². The minimum absolute atomic E-state index is 0.141. The molecule has 0 spiro atoms. The van der Waals surface area contributed by atoms with Gasteiger partial charge in [-0.1, -0.05) is 50.6 Å². The Labute approximate surface area is 235 Å². The highest BCUT2D eigenvalue weighted by Gasteiger charge is 2.62. The second kappa shape index (κ2) is 16.6. The lowest BCUT2D eigenvalue weighted by atomic mass is 9.72. The molecule has 4 amide bonds. The molecule has 0 unspecified atom stereocenters. The van der Waals surface area contributed by atoms with Gasteiger partial charge in [0.2, 0.25) is 11.8 Å². The zero-order chi connectivity index (χ0) is 28.8. The van der Waals surface area contributed by atoms with Gasteiger partial charge in [0.05, 0.1) is 12.0 Å². The summed E-state index contributed by atoms with van der Waals surface area (Å²) in [5, 5.41) is 2.88. The molecule has 1 fully saturated rings. The molecule has 1 heterocycles. The maximum Gasteiger partial charge on any atom is 0.326 e. The summed E-state index contributed by atoms with van der Waals surface area (Å²) in [5.41, 5.74) is 1.73. The molecule has 1 saturated heterocycles. The normalized spacial score (nSPS) is 16.3. The Morgan fingerprint density at radius 1 is 1.00 bits per heavy atom. The lowest BCUT2D eigenvalue weighted by Crippen LogP contribution is -2.72. The Balaban J connectivity index is 1.89. The number of methoxy groups -OCH3 is 1. The Bertz CT molecular complexity index is 903. The number of hydrogen-bond acceptors (Lipinski definition) is 6. The first-order valence-electron chi connectivity index (χ1n) is 14.6. The van der Waals surface area contributed by atoms with E-state index in [-0.39, 0.29) is 18.4 Å². The Morgan fingerprint density at radius 2 is 1.69 bits per heavy atom. The molecule has 1 aromatic rings. The fourth-order valence-electron chi connectivity index (χ4n) is 5.07. The number of ether oxygens (including phenoxy) is 2. The number of imide groups is 1. The predicted octanol–water partition coefficient (Wildman–Crippen LogP) is 3.84. The molecule has 2 rings (SSSR count). The van der Waals surface area contributed by atoms with E-state index >= 15 is 0 Å². The average molecular weight is 547 g/mol. The van der Waals surface area contributed by atoms with Crippen molar-refractivity contribution in [3.63, 3.8) is 0 Å². The van der Waals surface area contributed by atoms with Gasteiger partial charge in [0.25, 0.3) is 0 Å². The molecule has 9 heteroatoms. The first-order chi connectivity index (χ1) is 18.8. The monoisotopic (exact) mass is 546 g/mol. The summed E-state index contributed by atoms with van der Waals surface area (Å²) in [5.74, 6) is -0.372. The standard InChI is InChI=1S/C30H50N4O5/c1-7-30(8-2)27(36)34(29(37)31-18-12-11-13-25-16-14-24(5)15-17-25)28(30)39-23-26(35)33(10-4)20-19-32(9-3)21-22-38-6/h14-17,28H,7-13,18-23H2,1-6H3,(H,31,37)/t28-/m0/s1. The largest absolute Gasteiger partial charge is 0.383 e. The molecule has 220 valence electrons. The number of benzene rings is 1. The molecule has 1 aliphatic heterocycles. The van der Waals surface area contributed by atoms with E-state index in [9.17, 15) is 14.4 Å². The summed E-state index contributed by atoms with van der Waals surface area (Å²) in [7, 11) is 1.68. The number of carbonyl (C=O) groups excluding carboxylic acids is 3. The summed E-state index contributed by atoms with van der Waals surface area (Å²) >= 11 is 0. The van der Waals surface area contributed by atoms with Crippen LogP contribution in [0.2, 0.25) is 0 Å². The summed E-state index contributed by atoms with van der Waals surface area (Å²) in [6, 6.07) is 8.02. The number of rotatable bonds is 18. The first kappa shape index (κ1) is 32.7. The van der Waals surface area contributed by atoms with Crippen LogP contribution in [0.1, 0.15) is 64.5 Å². The van der Waals surface area contributed by atoms with Crippen molar-refractivity contribution < 1.29 is 23.9 Å². The van der Waals surface area contributed by atoms with Crippen LogP contribution in [0.3, 0.4) is 0 Å². The van der Waals surface area contributed by atoms with Crippen LogP contribution in [0.15, 0.2) is 24.3 Å². The number of urea groups is 1. The molecule has 9 nitrogen and oxygen atoms in total. The van der Waals surface area contributed by atoms with Crippen LogP contribution in [0.4, 0.5) is 4.79 Å².